The fourth-order valence-electron chi connectivity index (χ4n) is 1.94. The zero-order valence-electron chi connectivity index (χ0n) is 14.7. The van der Waals surface area contributed by atoms with Gasteiger partial charge in [0.05, 0.1) is 24.3 Å². The summed E-state index contributed by atoms with van der Waals surface area (Å²) in [4.78, 5) is 34.6. The number of esters is 1. The molecule has 1 unspecified atom stereocenters. The molecule has 144 valence electrons. The minimum Gasteiger partial charge on any atom is -0.493 e. The number of carbonyl (C=O) groups excluding carboxylic acids is 3. The van der Waals surface area contributed by atoms with Crippen molar-refractivity contribution in [3.05, 3.63) is 22.7 Å². The smallest absolute Gasteiger partial charge is 0.338 e. The minimum atomic E-state index is -0.777. The highest BCUT2D eigenvalue weighted by Gasteiger charge is 2.18. The normalized spacial score (nSPS) is 11.4. The molecule has 0 bridgehead atoms. The molecule has 0 saturated heterocycles. The van der Waals surface area contributed by atoms with E-state index in [2.05, 4.69) is 5.32 Å². The molecule has 1 aromatic rings. The number of methoxy groups -OCH3 is 2. The fourth-order valence-corrected chi connectivity index (χ4v) is 2.21. The van der Waals surface area contributed by atoms with Gasteiger partial charge in [-0.2, -0.15) is 0 Å². The van der Waals surface area contributed by atoms with E-state index < -0.39 is 31.0 Å². The minimum absolute atomic E-state index is 0.0238. The van der Waals surface area contributed by atoms with Crippen molar-refractivity contribution in [1.29, 1.82) is 0 Å². The molecule has 3 N–H and O–H groups in total. The number of carbonyl (C=O) groups is 3. The van der Waals surface area contributed by atoms with Gasteiger partial charge >= 0.3 is 5.97 Å². The zero-order chi connectivity index (χ0) is 19.7. The zero-order valence-corrected chi connectivity index (χ0v) is 15.4. The Morgan fingerprint density at radius 1 is 1.23 bits per heavy atom. The molecule has 10 heteroatoms. The van der Waals surface area contributed by atoms with E-state index in [4.69, 9.17) is 36.3 Å². The third-order valence-corrected chi connectivity index (χ3v) is 3.26. The number of nitrogens with two attached hydrogens (primary N) is 1. The van der Waals surface area contributed by atoms with Crippen LogP contribution >= 0.6 is 11.6 Å². The van der Waals surface area contributed by atoms with E-state index in [1.807, 2.05) is 0 Å². The Hall–Kier alpha value is -2.52. The van der Waals surface area contributed by atoms with Gasteiger partial charge in [0.25, 0.3) is 11.8 Å². The predicted molar refractivity (Wildman–Crippen MR) is 92.5 cm³/mol. The molecular formula is C16H21ClN2O7. The monoisotopic (exact) mass is 388 g/mol. The molecular weight excluding hydrogens is 368 g/mol. The molecule has 0 radical (unpaired) electrons. The van der Waals surface area contributed by atoms with Gasteiger partial charge in [-0.05, 0) is 19.1 Å². The number of hydrogen-bond acceptors (Lipinski definition) is 7. The van der Waals surface area contributed by atoms with Crippen molar-refractivity contribution >= 4 is 29.4 Å². The predicted octanol–water partition coefficient (Wildman–Crippen LogP) is 0.521. The summed E-state index contributed by atoms with van der Waals surface area (Å²) in [6.45, 7) is 1.21. The molecule has 9 nitrogen and oxygen atoms in total. The Morgan fingerprint density at radius 3 is 2.50 bits per heavy atom. The summed E-state index contributed by atoms with van der Waals surface area (Å²) in [6, 6.07) is 2.37. The van der Waals surface area contributed by atoms with E-state index in [1.54, 1.807) is 6.92 Å². The summed E-state index contributed by atoms with van der Waals surface area (Å²) in [5.41, 5.74) is 5.07. The standard InChI is InChI=1S/C16H21ClN2O7/c1-9(6-23-2)19-14(21)8-26-16(22)10-4-11(17)15(12(5-10)24-3)25-7-13(18)20/h4-5,9H,6-8H2,1-3H3,(H2,18,20)(H,19,21). The van der Waals surface area contributed by atoms with E-state index in [0.29, 0.717) is 6.61 Å². The summed E-state index contributed by atoms with van der Waals surface area (Å²) >= 11 is 6.05. The maximum absolute atomic E-state index is 12.1. The highest BCUT2D eigenvalue weighted by atomic mass is 35.5. The Kier molecular flexibility index (Phi) is 8.66. The summed E-state index contributed by atoms with van der Waals surface area (Å²) in [5, 5.41) is 2.63. The lowest BCUT2D eigenvalue weighted by atomic mass is 10.2. The molecule has 0 spiro atoms. The van der Waals surface area contributed by atoms with Crippen LogP contribution in [0.5, 0.6) is 11.5 Å². The van der Waals surface area contributed by atoms with Gasteiger partial charge in [-0.3, -0.25) is 9.59 Å². The van der Waals surface area contributed by atoms with Gasteiger partial charge in [0, 0.05) is 13.2 Å². The molecule has 0 saturated carbocycles. The van der Waals surface area contributed by atoms with Gasteiger partial charge in [0.2, 0.25) is 0 Å². The molecule has 0 aliphatic carbocycles. The van der Waals surface area contributed by atoms with Crippen molar-refractivity contribution in [2.24, 2.45) is 5.73 Å². The van der Waals surface area contributed by atoms with Crippen LogP contribution in [0.25, 0.3) is 0 Å². The van der Waals surface area contributed by atoms with Crippen molar-refractivity contribution in [2.75, 3.05) is 34.0 Å². The van der Waals surface area contributed by atoms with Crippen LogP contribution < -0.4 is 20.5 Å². The third kappa shape index (κ3) is 6.77. The molecule has 26 heavy (non-hydrogen) atoms. The van der Waals surface area contributed by atoms with E-state index in [0.717, 1.165) is 0 Å². The molecule has 0 fully saturated rings. The number of benzene rings is 1. The number of nitrogens with one attached hydrogen (secondary N) is 1. The molecule has 0 heterocycles. The molecule has 0 aromatic heterocycles. The fraction of sp³-hybridized carbons (Fsp3) is 0.438. The maximum atomic E-state index is 12.1. The van der Waals surface area contributed by atoms with Crippen molar-refractivity contribution < 1.29 is 33.3 Å². The van der Waals surface area contributed by atoms with Gasteiger partial charge < -0.3 is 30.0 Å². The molecule has 1 rings (SSSR count). The number of halogens is 1. The Bertz CT molecular complexity index is 666. The first kappa shape index (κ1) is 21.5. The molecule has 0 aliphatic heterocycles. The third-order valence-electron chi connectivity index (χ3n) is 2.98. The molecule has 2 amide bonds. The summed E-state index contributed by atoms with van der Waals surface area (Å²) in [6.07, 6.45) is 0. The highest BCUT2D eigenvalue weighted by molar-refractivity contribution is 6.32. The lowest BCUT2D eigenvalue weighted by Crippen LogP contribution is -2.38. The SMILES string of the molecule is COCC(C)NC(=O)COC(=O)c1cc(Cl)c(OCC(N)=O)c(OC)c1. The highest BCUT2D eigenvalue weighted by Crippen LogP contribution is 2.36. The number of rotatable bonds is 10. The van der Waals surface area contributed by atoms with Crippen molar-refractivity contribution in [3.8, 4) is 11.5 Å². The van der Waals surface area contributed by atoms with Crippen molar-refractivity contribution in [2.45, 2.75) is 13.0 Å². The van der Waals surface area contributed by atoms with Crippen molar-refractivity contribution in [1.82, 2.24) is 5.32 Å². The topological polar surface area (TPSA) is 126 Å². The van der Waals surface area contributed by atoms with Gasteiger partial charge in [0.1, 0.15) is 0 Å². The number of hydrogen-bond donors (Lipinski definition) is 2. The number of primary amides is 1. The Labute approximate surface area is 155 Å². The summed E-state index contributed by atoms with van der Waals surface area (Å²) in [5.74, 6) is -1.76. The first-order valence-electron chi connectivity index (χ1n) is 7.52. The Balaban J connectivity index is 2.76. The van der Waals surface area contributed by atoms with Gasteiger partial charge in [0.15, 0.2) is 24.7 Å². The van der Waals surface area contributed by atoms with Crippen LogP contribution in [0.15, 0.2) is 12.1 Å². The van der Waals surface area contributed by atoms with Gasteiger partial charge in [-0.25, -0.2) is 4.79 Å². The van der Waals surface area contributed by atoms with Gasteiger partial charge in [-0.1, -0.05) is 11.6 Å². The largest absolute Gasteiger partial charge is 0.493 e. The number of amides is 2. The maximum Gasteiger partial charge on any atom is 0.338 e. The van der Waals surface area contributed by atoms with Crippen LogP contribution in [-0.4, -0.2) is 57.9 Å². The van der Waals surface area contributed by atoms with Crippen LogP contribution in [-0.2, 0) is 19.1 Å². The lowest BCUT2D eigenvalue weighted by Gasteiger charge is -2.14. The van der Waals surface area contributed by atoms with Crippen LogP contribution in [0.3, 0.4) is 0 Å². The second-order valence-electron chi connectivity index (χ2n) is 5.24. The van der Waals surface area contributed by atoms with E-state index in [1.165, 1.54) is 26.4 Å². The average molecular weight is 389 g/mol. The summed E-state index contributed by atoms with van der Waals surface area (Å²) < 4.78 is 20.1. The quantitative estimate of drug-likeness (QED) is 0.559. The Morgan fingerprint density at radius 2 is 1.92 bits per heavy atom. The van der Waals surface area contributed by atoms with Crippen LogP contribution in [0.1, 0.15) is 17.3 Å². The van der Waals surface area contributed by atoms with Crippen LogP contribution in [0.2, 0.25) is 5.02 Å². The van der Waals surface area contributed by atoms with Crippen LogP contribution in [0.4, 0.5) is 0 Å². The first-order valence-corrected chi connectivity index (χ1v) is 7.90. The van der Waals surface area contributed by atoms with Gasteiger partial charge in [-0.15, -0.1) is 0 Å². The molecule has 1 aromatic carbocycles. The van der Waals surface area contributed by atoms with E-state index >= 15 is 0 Å². The lowest BCUT2D eigenvalue weighted by molar-refractivity contribution is -0.125. The summed E-state index contributed by atoms with van der Waals surface area (Å²) in [7, 11) is 2.85. The van der Waals surface area contributed by atoms with E-state index in [9.17, 15) is 14.4 Å². The second-order valence-corrected chi connectivity index (χ2v) is 5.65. The second kappa shape index (κ2) is 10.5. The molecule has 0 aliphatic rings. The number of ether oxygens (including phenoxy) is 4. The van der Waals surface area contributed by atoms with Crippen LogP contribution in [0, 0.1) is 0 Å². The molecule has 1 atom stereocenters. The van der Waals surface area contributed by atoms with Crippen molar-refractivity contribution in [3.63, 3.8) is 0 Å². The average Bonchev–Trinajstić information content (AvgIpc) is 2.57. The first-order chi connectivity index (χ1) is 12.3. The van der Waals surface area contributed by atoms with E-state index in [-0.39, 0.29) is 28.1 Å².